The molecular formula is C20H24N4O6. The van der Waals surface area contributed by atoms with Crippen LogP contribution in [-0.2, 0) is 31.1 Å². The Morgan fingerprint density at radius 1 is 1.23 bits per heavy atom. The van der Waals surface area contributed by atoms with E-state index in [-0.39, 0.29) is 6.04 Å². The molecule has 2 aliphatic rings. The number of carbonyl (C=O) groups is 5. The van der Waals surface area contributed by atoms with Crippen LogP contribution >= 0.6 is 0 Å². The van der Waals surface area contributed by atoms with Crippen LogP contribution in [0, 0.1) is 0 Å². The highest BCUT2D eigenvalue weighted by molar-refractivity contribution is 6.09. The average molecular weight is 416 g/mol. The Bertz CT molecular complexity index is 899. The second-order valence-electron chi connectivity index (χ2n) is 7.57. The van der Waals surface area contributed by atoms with Gasteiger partial charge in [-0.3, -0.25) is 24.6 Å². The lowest BCUT2D eigenvalue weighted by Crippen LogP contribution is -2.47. The van der Waals surface area contributed by atoms with Crippen molar-refractivity contribution in [2.24, 2.45) is 0 Å². The highest BCUT2D eigenvalue weighted by Crippen LogP contribution is 2.39. The first-order valence-corrected chi connectivity index (χ1v) is 9.71. The van der Waals surface area contributed by atoms with Crippen molar-refractivity contribution in [2.45, 2.75) is 44.7 Å². The van der Waals surface area contributed by atoms with Gasteiger partial charge in [-0.2, -0.15) is 0 Å². The Hall–Kier alpha value is -3.43. The second-order valence-corrected chi connectivity index (χ2v) is 7.57. The molecule has 1 aromatic rings. The van der Waals surface area contributed by atoms with Crippen molar-refractivity contribution in [3.8, 4) is 0 Å². The number of rotatable bonds is 5. The fraction of sp³-hybridized carbons (Fsp3) is 0.450. The average Bonchev–Trinajstić information content (AvgIpc) is 2.91. The molecule has 1 aliphatic carbocycles. The molecule has 6 amide bonds. The number of benzene rings is 1. The first kappa shape index (κ1) is 21.3. The number of hydrogen-bond acceptors (Lipinski definition) is 6. The molecule has 10 heteroatoms. The number of fused-ring (bicyclic) bond motifs is 2. The Kier molecular flexibility index (Phi) is 6.04. The van der Waals surface area contributed by atoms with Gasteiger partial charge in [-0.05, 0) is 44.2 Å². The fourth-order valence-electron chi connectivity index (χ4n) is 3.74. The molecule has 3 N–H and O–H groups in total. The molecule has 10 nitrogen and oxygen atoms in total. The summed E-state index contributed by atoms with van der Waals surface area (Å²) in [5.41, 5.74) is 0.539. The van der Waals surface area contributed by atoms with Gasteiger partial charge in [0.05, 0.1) is 0 Å². The zero-order valence-corrected chi connectivity index (χ0v) is 16.8. The summed E-state index contributed by atoms with van der Waals surface area (Å²) in [6.07, 6.45) is 1.97. The van der Waals surface area contributed by atoms with Crippen LogP contribution in [0.3, 0.4) is 0 Å². The number of nitrogens with one attached hydrogen (secondary N) is 3. The summed E-state index contributed by atoms with van der Waals surface area (Å²) in [5.74, 6) is -2.27. The van der Waals surface area contributed by atoms with Crippen molar-refractivity contribution < 1.29 is 28.7 Å². The molecule has 1 heterocycles. The van der Waals surface area contributed by atoms with E-state index in [0.717, 1.165) is 28.9 Å². The minimum absolute atomic E-state index is 0.169. The van der Waals surface area contributed by atoms with E-state index in [2.05, 4.69) is 10.6 Å². The normalized spacial score (nSPS) is 20.0. The minimum atomic E-state index is -1.18. The molecule has 0 saturated carbocycles. The number of hydrogen-bond donors (Lipinski definition) is 3. The van der Waals surface area contributed by atoms with Crippen LogP contribution in [0.5, 0.6) is 0 Å². The molecule has 30 heavy (non-hydrogen) atoms. The van der Waals surface area contributed by atoms with E-state index in [0.29, 0.717) is 6.42 Å². The molecular weight excluding hydrogens is 392 g/mol. The first-order valence-electron chi connectivity index (χ1n) is 9.71. The largest absolute Gasteiger partial charge is 0.454 e. The fourth-order valence-corrected chi connectivity index (χ4v) is 3.74. The van der Waals surface area contributed by atoms with Gasteiger partial charge in [-0.15, -0.1) is 0 Å². The van der Waals surface area contributed by atoms with E-state index >= 15 is 0 Å². The maximum absolute atomic E-state index is 13.1. The number of urea groups is 2. The molecule has 3 rings (SSSR count). The molecule has 1 aliphatic heterocycles. The van der Waals surface area contributed by atoms with Gasteiger partial charge < -0.3 is 15.4 Å². The second kappa shape index (κ2) is 8.52. The molecule has 160 valence electrons. The maximum atomic E-state index is 13.1. The maximum Gasteiger partial charge on any atom is 0.326 e. The highest BCUT2D eigenvalue weighted by atomic mass is 16.5. The summed E-state index contributed by atoms with van der Waals surface area (Å²) >= 11 is 0. The summed E-state index contributed by atoms with van der Waals surface area (Å²) in [7, 11) is 0. The van der Waals surface area contributed by atoms with Crippen LogP contribution in [-0.4, -0.2) is 53.9 Å². The van der Waals surface area contributed by atoms with Crippen molar-refractivity contribution >= 4 is 29.8 Å². The predicted molar refractivity (Wildman–Crippen MR) is 104 cm³/mol. The lowest BCUT2D eigenvalue weighted by atomic mass is 9.76. The van der Waals surface area contributed by atoms with Gasteiger partial charge >= 0.3 is 18.0 Å². The van der Waals surface area contributed by atoms with E-state index in [4.69, 9.17) is 4.74 Å². The molecule has 0 radical (unpaired) electrons. The standard InChI is InChI=1S/C20H24N4O6/c1-12(2)21-18(28)22-15(25)11-30-16(26)10-24-17(27)20(23-19(24)29)9-5-7-13-6-3-4-8-14(13)20/h3-4,6,8,12H,5,7,9-11H2,1-2H3,(H,23,29)(H2,21,22,25,28)/t20-/m1/s1. The van der Waals surface area contributed by atoms with Gasteiger partial charge in [-0.1, -0.05) is 24.3 Å². The number of amides is 6. The quantitative estimate of drug-likeness (QED) is 0.474. The van der Waals surface area contributed by atoms with Gasteiger partial charge in [0.25, 0.3) is 11.8 Å². The Morgan fingerprint density at radius 3 is 2.70 bits per heavy atom. The summed E-state index contributed by atoms with van der Waals surface area (Å²) in [5, 5.41) is 7.20. The molecule has 1 saturated heterocycles. The van der Waals surface area contributed by atoms with E-state index in [1.807, 2.05) is 17.4 Å². The Balaban J connectivity index is 1.60. The van der Waals surface area contributed by atoms with Crippen LogP contribution in [0.15, 0.2) is 24.3 Å². The molecule has 1 fully saturated rings. The summed E-state index contributed by atoms with van der Waals surface area (Å²) in [6, 6.07) is 5.84. The molecule has 1 aromatic carbocycles. The third-order valence-electron chi connectivity index (χ3n) is 4.97. The molecule has 0 aromatic heterocycles. The third-order valence-corrected chi connectivity index (χ3v) is 4.97. The van der Waals surface area contributed by atoms with Crippen LogP contribution in [0.25, 0.3) is 0 Å². The lowest BCUT2D eigenvalue weighted by molar-refractivity contribution is -0.151. The molecule has 0 unspecified atom stereocenters. The van der Waals surface area contributed by atoms with Crippen molar-refractivity contribution in [2.75, 3.05) is 13.2 Å². The number of nitrogens with zero attached hydrogens (tertiary/aromatic N) is 1. The van der Waals surface area contributed by atoms with Crippen LogP contribution in [0.2, 0.25) is 0 Å². The SMILES string of the molecule is CC(C)NC(=O)NC(=O)COC(=O)CN1C(=O)N[C@@]2(CCCc3ccccc32)C1=O. The number of aryl methyl sites for hydroxylation is 1. The number of esters is 1. The van der Waals surface area contributed by atoms with Crippen molar-refractivity contribution in [3.05, 3.63) is 35.4 Å². The molecule has 1 atom stereocenters. The number of imide groups is 2. The van der Waals surface area contributed by atoms with E-state index in [9.17, 15) is 24.0 Å². The summed E-state index contributed by atoms with van der Waals surface area (Å²) in [4.78, 5) is 61.6. The Morgan fingerprint density at radius 2 is 1.97 bits per heavy atom. The first-order chi connectivity index (χ1) is 14.2. The van der Waals surface area contributed by atoms with Gasteiger partial charge in [-0.25, -0.2) is 9.59 Å². The zero-order valence-electron chi connectivity index (χ0n) is 16.8. The highest BCUT2D eigenvalue weighted by Gasteiger charge is 2.54. The number of carbonyl (C=O) groups excluding carboxylic acids is 5. The molecule has 0 bridgehead atoms. The smallest absolute Gasteiger partial charge is 0.326 e. The van der Waals surface area contributed by atoms with Gasteiger partial charge in [0.1, 0.15) is 12.1 Å². The minimum Gasteiger partial charge on any atom is -0.454 e. The van der Waals surface area contributed by atoms with Crippen LogP contribution in [0.1, 0.15) is 37.8 Å². The van der Waals surface area contributed by atoms with Gasteiger partial charge in [0.15, 0.2) is 6.61 Å². The van der Waals surface area contributed by atoms with Crippen molar-refractivity contribution in [3.63, 3.8) is 0 Å². The summed E-state index contributed by atoms with van der Waals surface area (Å²) < 4.78 is 4.81. The van der Waals surface area contributed by atoms with Crippen molar-refractivity contribution in [1.29, 1.82) is 0 Å². The molecule has 1 spiro atoms. The van der Waals surface area contributed by atoms with E-state index < -0.39 is 48.5 Å². The number of ether oxygens (including phenoxy) is 1. The van der Waals surface area contributed by atoms with Crippen molar-refractivity contribution in [1.82, 2.24) is 20.9 Å². The zero-order chi connectivity index (χ0) is 21.9. The monoisotopic (exact) mass is 416 g/mol. The van der Waals surface area contributed by atoms with E-state index in [1.54, 1.807) is 26.0 Å². The summed E-state index contributed by atoms with van der Waals surface area (Å²) in [6.45, 7) is 2.11. The predicted octanol–water partition coefficient (Wildman–Crippen LogP) is 0.547. The Labute approximate surface area is 173 Å². The van der Waals surface area contributed by atoms with Crippen LogP contribution < -0.4 is 16.0 Å². The van der Waals surface area contributed by atoms with E-state index in [1.165, 1.54) is 0 Å². The lowest BCUT2D eigenvalue weighted by Gasteiger charge is -2.33. The van der Waals surface area contributed by atoms with Gasteiger partial charge in [0, 0.05) is 6.04 Å². The topological polar surface area (TPSA) is 134 Å². The van der Waals surface area contributed by atoms with Crippen LogP contribution in [0.4, 0.5) is 9.59 Å². The van der Waals surface area contributed by atoms with Gasteiger partial charge in [0.2, 0.25) is 0 Å². The third kappa shape index (κ3) is 4.27.